The lowest BCUT2D eigenvalue weighted by atomic mass is 10.2. The topological polar surface area (TPSA) is 84.9 Å². The summed E-state index contributed by atoms with van der Waals surface area (Å²) in [5.74, 6) is 0.678. The Morgan fingerprint density at radius 2 is 2.25 bits per heavy atom. The molecule has 20 heavy (non-hydrogen) atoms. The molecule has 1 aromatic carbocycles. The smallest absolute Gasteiger partial charge is 0.180 e. The summed E-state index contributed by atoms with van der Waals surface area (Å²) >= 11 is 6.01. The van der Waals surface area contributed by atoms with Crippen LogP contribution in [0, 0.1) is 0 Å². The van der Waals surface area contributed by atoms with E-state index in [0.29, 0.717) is 31.2 Å². The molecule has 2 N–H and O–H groups in total. The molecule has 0 spiro atoms. The van der Waals surface area contributed by atoms with Crippen LogP contribution in [0.2, 0.25) is 5.02 Å². The van der Waals surface area contributed by atoms with E-state index in [1.54, 1.807) is 0 Å². The molecule has 0 unspecified atom stereocenters. The lowest BCUT2D eigenvalue weighted by molar-refractivity contribution is 0.0892. The summed E-state index contributed by atoms with van der Waals surface area (Å²) in [5, 5.41) is 11.9. The van der Waals surface area contributed by atoms with Crippen molar-refractivity contribution < 1.29 is 23.0 Å². The van der Waals surface area contributed by atoms with Gasteiger partial charge in [-0.3, -0.25) is 0 Å². The van der Waals surface area contributed by atoms with Crippen molar-refractivity contribution in [3.8, 4) is 11.5 Å². The molecule has 0 amide bonds. The van der Waals surface area contributed by atoms with Gasteiger partial charge in [-0.2, -0.15) is 0 Å². The van der Waals surface area contributed by atoms with E-state index in [2.05, 4.69) is 5.32 Å². The van der Waals surface area contributed by atoms with Gasteiger partial charge in [0.05, 0.1) is 16.5 Å². The summed E-state index contributed by atoms with van der Waals surface area (Å²) in [7, 11) is -3.37. The summed E-state index contributed by atoms with van der Waals surface area (Å²) < 4.78 is 34.3. The van der Waals surface area contributed by atoms with Gasteiger partial charge in [-0.15, -0.1) is 0 Å². The largest absolute Gasteiger partial charge is 0.484 e. The average Bonchev–Trinajstić information content (AvgIpc) is 2.37. The minimum Gasteiger partial charge on any atom is -0.484 e. The van der Waals surface area contributed by atoms with Gasteiger partial charge in [0, 0.05) is 25.4 Å². The van der Waals surface area contributed by atoms with Crippen molar-refractivity contribution in [2.45, 2.75) is 11.0 Å². The Hall–Kier alpha value is -1.02. The Labute approximate surface area is 122 Å². The number of sulfone groups is 1. The van der Waals surface area contributed by atoms with Crippen LogP contribution in [0.1, 0.15) is 0 Å². The molecule has 0 aromatic heterocycles. The predicted octanol–water partition coefficient (Wildman–Crippen LogP) is 0.465. The molecule has 112 valence electrons. The molecule has 8 heteroatoms. The van der Waals surface area contributed by atoms with Gasteiger partial charge in [0.15, 0.2) is 21.3 Å². The number of aliphatic hydroxyl groups is 1. The number of hydrogen-bond acceptors (Lipinski definition) is 6. The van der Waals surface area contributed by atoms with E-state index in [1.807, 2.05) is 0 Å². The van der Waals surface area contributed by atoms with E-state index in [1.165, 1.54) is 12.1 Å². The summed E-state index contributed by atoms with van der Waals surface area (Å²) in [4.78, 5) is 0.0915. The molecular weight excluding hydrogens is 306 g/mol. The van der Waals surface area contributed by atoms with Crippen molar-refractivity contribution in [2.24, 2.45) is 0 Å². The fraction of sp³-hybridized carbons (Fsp3) is 0.500. The standard InChI is InChI=1S/C12H16ClNO5S/c1-20(16,17)9-4-10(13)12-11(5-9)19-8(7-18-12)6-14-2-3-15/h4-5,8,14-15H,2-3,6-7H2,1H3/t8-/m0/s1. The zero-order chi connectivity index (χ0) is 14.8. The van der Waals surface area contributed by atoms with Crippen LogP contribution >= 0.6 is 11.6 Å². The van der Waals surface area contributed by atoms with Gasteiger partial charge in [-0.25, -0.2) is 8.42 Å². The molecule has 1 heterocycles. The Morgan fingerprint density at radius 1 is 1.50 bits per heavy atom. The van der Waals surface area contributed by atoms with E-state index >= 15 is 0 Å². The lowest BCUT2D eigenvalue weighted by Gasteiger charge is -2.27. The highest BCUT2D eigenvalue weighted by molar-refractivity contribution is 7.90. The molecule has 0 radical (unpaired) electrons. The Kier molecular flexibility index (Phi) is 4.74. The lowest BCUT2D eigenvalue weighted by Crippen LogP contribution is -2.39. The third-order valence-electron chi connectivity index (χ3n) is 2.78. The maximum absolute atomic E-state index is 11.6. The molecule has 1 atom stereocenters. The van der Waals surface area contributed by atoms with Crippen molar-refractivity contribution in [3.63, 3.8) is 0 Å². The van der Waals surface area contributed by atoms with Crippen LogP contribution in [-0.2, 0) is 9.84 Å². The van der Waals surface area contributed by atoms with Crippen molar-refractivity contribution in [3.05, 3.63) is 17.2 Å². The molecule has 0 bridgehead atoms. The molecule has 1 aromatic rings. The van der Waals surface area contributed by atoms with E-state index < -0.39 is 9.84 Å². The first kappa shape index (κ1) is 15.4. The van der Waals surface area contributed by atoms with Gasteiger partial charge in [0.2, 0.25) is 0 Å². The molecule has 0 saturated carbocycles. The van der Waals surface area contributed by atoms with Gasteiger partial charge < -0.3 is 19.9 Å². The third-order valence-corrected chi connectivity index (χ3v) is 4.15. The highest BCUT2D eigenvalue weighted by Gasteiger charge is 2.25. The Bertz CT molecular complexity index is 590. The maximum atomic E-state index is 11.6. The summed E-state index contributed by atoms with van der Waals surface area (Å²) in [5.41, 5.74) is 0. The number of aliphatic hydroxyl groups excluding tert-OH is 1. The zero-order valence-corrected chi connectivity index (χ0v) is 12.5. The van der Waals surface area contributed by atoms with E-state index in [9.17, 15) is 8.42 Å². The summed E-state index contributed by atoms with van der Waals surface area (Å²) in [6, 6.07) is 2.76. The molecular formula is C12H16ClNO5S. The average molecular weight is 322 g/mol. The fourth-order valence-corrected chi connectivity index (χ4v) is 2.80. The molecule has 2 rings (SSSR count). The van der Waals surface area contributed by atoms with Crippen LogP contribution in [0.25, 0.3) is 0 Å². The second-order valence-corrected chi connectivity index (χ2v) is 6.91. The van der Waals surface area contributed by atoms with Gasteiger partial charge in [0.25, 0.3) is 0 Å². The number of nitrogens with one attached hydrogen (secondary N) is 1. The molecule has 6 nitrogen and oxygen atoms in total. The van der Waals surface area contributed by atoms with Gasteiger partial charge in [-0.1, -0.05) is 11.6 Å². The summed E-state index contributed by atoms with van der Waals surface area (Å²) in [6.45, 7) is 1.29. The molecule has 0 aliphatic carbocycles. The second-order valence-electron chi connectivity index (χ2n) is 4.48. The van der Waals surface area contributed by atoms with E-state index in [0.717, 1.165) is 6.26 Å². The van der Waals surface area contributed by atoms with E-state index in [4.69, 9.17) is 26.2 Å². The SMILES string of the molecule is CS(=O)(=O)c1cc(Cl)c2c(c1)O[C@@H](CNCCO)CO2. The van der Waals surface area contributed by atoms with Crippen LogP contribution < -0.4 is 14.8 Å². The van der Waals surface area contributed by atoms with E-state index in [-0.39, 0.29) is 22.6 Å². The Morgan fingerprint density at radius 3 is 2.90 bits per heavy atom. The molecule has 1 aliphatic rings. The van der Waals surface area contributed by atoms with Crippen LogP contribution in [0.3, 0.4) is 0 Å². The van der Waals surface area contributed by atoms with Crippen molar-refractivity contribution >= 4 is 21.4 Å². The fourth-order valence-electron chi connectivity index (χ4n) is 1.82. The molecule has 1 aliphatic heterocycles. The second kappa shape index (κ2) is 6.17. The van der Waals surface area contributed by atoms with Crippen molar-refractivity contribution in [1.82, 2.24) is 5.32 Å². The van der Waals surface area contributed by atoms with Gasteiger partial charge in [-0.05, 0) is 6.07 Å². The minimum atomic E-state index is -3.37. The maximum Gasteiger partial charge on any atom is 0.180 e. The predicted molar refractivity (Wildman–Crippen MR) is 74.4 cm³/mol. The monoisotopic (exact) mass is 321 g/mol. The normalized spacial score (nSPS) is 18.1. The molecule has 0 fully saturated rings. The van der Waals surface area contributed by atoms with Gasteiger partial charge >= 0.3 is 0 Å². The van der Waals surface area contributed by atoms with Crippen LogP contribution in [0.5, 0.6) is 11.5 Å². The van der Waals surface area contributed by atoms with Crippen LogP contribution in [-0.4, -0.2) is 52.2 Å². The minimum absolute atomic E-state index is 0.0359. The first-order valence-corrected chi connectivity index (χ1v) is 8.33. The zero-order valence-electron chi connectivity index (χ0n) is 10.9. The molecule has 0 saturated heterocycles. The highest BCUT2D eigenvalue weighted by Crippen LogP contribution is 2.40. The quantitative estimate of drug-likeness (QED) is 0.767. The Balaban J connectivity index is 2.20. The number of halogens is 1. The number of benzene rings is 1. The van der Waals surface area contributed by atoms with Crippen LogP contribution in [0.4, 0.5) is 0 Å². The number of rotatable bonds is 5. The third kappa shape index (κ3) is 3.54. The van der Waals surface area contributed by atoms with Crippen molar-refractivity contribution in [1.29, 1.82) is 0 Å². The number of ether oxygens (including phenoxy) is 2. The highest BCUT2D eigenvalue weighted by atomic mass is 35.5. The van der Waals surface area contributed by atoms with Gasteiger partial charge in [0.1, 0.15) is 12.7 Å². The summed E-state index contributed by atoms with van der Waals surface area (Å²) in [6.07, 6.45) is 0.842. The first-order valence-electron chi connectivity index (χ1n) is 6.06. The number of fused-ring (bicyclic) bond motifs is 1. The first-order chi connectivity index (χ1) is 9.41. The number of hydrogen-bond donors (Lipinski definition) is 2. The van der Waals surface area contributed by atoms with Crippen molar-refractivity contribution in [2.75, 3.05) is 32.6 Å². The van der Waals surface area contributed by atoms with Crippen LogP contribution in [0.15, 0.2) is 17.0 Å².